The van der Waals surface area contributed by atoms with Gasteiger partial charge in [0.05, 0.1) is 11.2 Å². The van der Waals surface area contributed by atoms with Crippen molar-refractivity contribution in [1.29, 1.82) is 5.41 Å². The number of nitrogen functional groups attached to an aromatic ring is 1. The van der Waals surface area contributed by atoms with Gasteiger partial charge in [0.25, 0.3) is 0 Å². The van der Waals surface area contributed by atoms with Crippen molar-refractivity contribution in [2.24, 2.45) is 10.9 Å². The average molecular weight is 504 g/mol. The lowest BCUT2D eigenvalue weighted by atomic mass is 10.1. The van der Waals surface area contributed by atoms with Gasteiger partial charge in [-0.2, -0.15) is 0 Å². The summed E-state index contributed by atoms with van der Waals surface area (Å²) < 4.78 is 23.9. The molecular formula is C25H25N7O3S. The molecule has 0 saturated carbocycles. The van der Waals surface area contributed by atoms with Crippen LogP contribution in [0.4, 0.5) is 11.4 Å². The lowest BCUT2D eigenvalue weighted by molar-refractivity contribution is -0.116. The number of hydrogen-bond donors (Lipinski definition) is 6. The fourth-order valence-electron chi connectivity index (χ4n) is 3.72. The van der Waals surface area contributed by atoms with Gasteiger partial charge < -0.3 is 21.4 Å². The molecule has 0 aliphatic carbocycles. The molecule has 4 aromatic rings. The number of nitrogens with two attached hydrogens (primary N) is 2. The van der Waals surface area contributed by atoms with E-state index in [-0.39, 0.29) is 16.6 Å². The Labute approximate surface area is 208 Å². The van der Waals surface area contributed by atoms with E-state index >= 15 is 0 Å². The Balaban J connectivity index is 1.55. The third-order valence-electron chi connectivity index (χ3n) is 5.47. The largest absolute Gasteiger partial charge is 0.384 e. The van der Waals surface area contributed by atoms with Crippen molar-refractivity contribution >= 4 is 33.1 Å². The molecule has 0 fully saturated rings. The number of hydrogen-bond acceptors (Lipinski definition) is 6. The standard InChI is InChI=1S/C25H25N7O3S/c26-24(27)17-4-3-5-19(12-17)31-22(13-20-14-29-15-30-20)25(33)32-18-10-8-16(9-11-18)21-6-1-2-7-23(21)36(28,34)35/h1-12,14-15,22,31H,13H2,(H3,26,27)(H,29,30)(H,32,33)(H2,28,34,35)/t22-/m0/s1. The number of nitrogens with zero attached hydrogens (tertiary/aromatic N) is 1. The van der Waals surface area contributed by atoms with Gasteiger partial charge in [-0.3, -0.25) is 10.2 Å². The van der Waals surface area contributed by atoms with Gasteiger partial charge >= 0.3 is 0 Å². The maximum Gasteiger partial charge on any atom is 0.247 e. The number of H-pyrrole nitrogens is 1. The van der Waals surface area contributed by atoms with Crippen LogP contribution >= 0.6 is 0 Å². The van der Waals surface area contributed by atoms with Crippen molar-refractivity contribution in [2.45, 2.75) is 17.4 Å². The van der Waals surface area contributed by atoms with Crippen molar-refractivity contribution in [3.63, 3.8) is 0 Å². The molecule has 0 spiro atoms. The number of rotatable bonds is 9. The molecule has 10 nitrogen and oxygen atoms in total. The minimum absolute atomic E-state index is 0.0263. The Hall–Kier alpha value is -4.48. The summed E-state index contributed by atoms with van der Waals surface area (Å²) >= 11 is 0. The molecule has 36 heavy (non-hydrogen) atoms. The fourth-order valence-corrected chi connectivity index (χ4v) is 4.48. The second kappa shape index (κ2) is 10.4. The summed E-state index contributed by atoms with van der Waals surface area (Å²) in [5, 5.41) is 19.1. The Morgan fingerprint density at radius 3 is 2.44 bits per heavy atom. The summed E-state index contributed by atoms with van der Waals surface area (Å²) in [5.41, 5.74) is 9.19. The number of anilines is 2. The highest BCUT2D eigenvalue weighted by atomic mass is 32.2. The van der Waals surface area contributed by atoms with Crippen LogP contribution in [0.3, 0.4) is 0 Å². The Bertz CT molecular complexity index is 1480. The van der Waals surface area contributed by atoms with Gasteiger partial charge in [-0.15, -0.1) is 0 Å². The molecule has 0 aliphatic heterocycles. The van der Waals surface area contributed by atoms with Crippen LogP contribution in [-0.2, 0) is 21.2 Å². The topological polar surface area (TPSA) is 180 Å². The highest BCUT2D eigenvalue weighted by molar-refractivity contribution is 7.89. The molecular weight excluding hydrogens is 478 g/mol. The van der Waals surface area contributed by atoms with Gasteiger partial charge in [0.1, 0.15) is 11.9 Å². The molecule has 3 aromatic carbocycles. The van der Waals surface area contributed by atoms with Gasteiger partial charge in [0.15, 0.2) is 0 Å². The summed E-state index contributed by atoms with van der Waals surface area (Å²) in [6, 6.07) is 19.6. The zero-order chi connectivity index (χ0) is 25.7. The summed E-state index contributed by atoms with van der Waals surface area (Å²) in [7, 11) is -3.89. The summed E-state index contributed by atoms with van der Waals surface area (Å²) in [6.07, 6.45) is 3.51. The third-order valence-corrected chi connectivity index (χ3v) is 6.44. The highest BCUT2D eigenvalue weighted by Gasteiger charge is 2.21. The third kappa shape index (κ3) is 5.95. The van der Waals surface area contributed by atoms with Crippen molar-refractivity contribution < 1.29 is 13.2 Å². The van der Waals surface area contributed by atoms with Crippen LogP contribution in [0.1, 0.15) is 11.3 Å². The molecule has 0 unspecified atom stereocenters. The quantitative estimate of drug-likeness (QED) is 0.151. The number of carbonyl (C=O) groups excluding carboxylic acids is 1. The zero-order valence-electron chi connectivity index (χ0n) is 19.1. The number of imidazole rings is 1. The van der Waals surface area contributed by atoms with Crippen molar-refractivity contribution in [2.75, 3.05) is 10.6 Å². The van der Waals surface area contributed by atoms with Crippen LogP contribution < -0.4 is 21.5 Å². The number of aromatic nitrogens is 2. The minimum Gasteiger partial charge on any atom is -0.384 e. The number of carbonyl (C=O) groups is 1. The van der Waals surface area contributed by atoms with Gasteiger partial charge in [0, 0.05) is 40.8 Å². The normalized spacial score (nSPS) is 12.0. The molecule has 1 heterocycles. The molecule has 1 amide bonds. The number of sulfonamides is 1. The van der Waals surface area contributed by atoms with E-state index in [0.717, 1.165) is 5.69 Å². The van der Waals surface area contributed by atoms with E-state index in [1.165, 1.54) is 6.07 Å². The molecule has 0 bridgehead atoms. The Morgan fingerprint density at radius 1 is 1.03 bits per heavy atom. The van der Waals surface area contributed by atoms with Gasteiger partial charge in [-0.05, 0) is 35.9 Å². The maximum atomic E-state index is 13.2. The molecule has 0 radical (unpaired) electrons. The Kier molecular flexibility index (Phi) is 7.13. The second-order valence-electron chi connectivity index (χ2n) is 8.08. The van der Waals surface area contributed by atoms with E-state index in [1.807, 2.05) is 0 Å². The van der Waals surface area contributed by atoms with E-state index in [9.17, 15) is 13.2 Å². The minimum atomic E-state index is -3.89. The summed E-state index contributed by atoms with van der Waals surface area (Å²) in [6.45, 7) is 0. The highest BCUT2D eigenvalue weighted by Crippen LogP contribution is 2.27. The number of nitrogens with one attached hydrogen (secondary N) is 4. The van der Waals surface area contributed by atoms with E-state index in [1.54, 1.807) is 79.3 Å². The fraction of sp³-hybridized carbons (Fsp3) is 0.0800. The molecule has 0 saturated heterocycles. The molecule has 0 aliphatic rings. The first-order valence-corrected chi connectivity index (χ1v) is 12.5. The van der Waals surface area contributed by atoms with E-state index in [2.05, 4.69) is 20.6 Å². The first-order chi connectivity index (χ1) is 17.2. The number of amides is 1. The van der Waals surface area contributed by atoms with Crippen LogP contribution in [0.15, 0.2) is 90.2 Å². The molecule has 8 N–H and O–H groups in total. The van der Waals surface area contributed by atoms with Crippen LogP contribution in [0.2, 0.25) is 0 Å². The van der Waals surface area contributed by atoms with Crippen molar-refractivity contribution in [1.82, 2.24) is 9.97 Å². The summed E-state index contributed by atoms with van der Waals surface area (Å²) in [5.74, 6) is -0.368. The van der Waals surface area contributed by atoms with E-state index < -0.39 is 16.1 Å². The average Bonchev–Trinajstić information content (AvgIpc) is 3.37. The molecule has 1 aromatic heterocycles. The van der Waals surface area contributed by atoms with E-state index in [0.29, 0.717) is 34.5 Å². The zero-order valence-corrected chi connectivity index (χ0v) is 19.9. The van der Waals surface area contributed by atoms with Gasteiger partial charge in [-0.1, -0.05) is 42.5 Å². The first-order valence-electron chi connectivity index (χ1n) is 10.9. The summed E-state index contributed by atoms with van der Waals surface area (Å²) in [4.78, 5) is 20.3. The van der Waals surface area contributed by atoms with Crippen molar-refractivity contribution in [3.05, 3.63) is 96.6 Å². The van der Waals surface area contributed by atoms with Crippen molar-refractivity contribution in [3.8, 4) is 11.1 Å². The van der Waals surface area contributed by atoms with Crippen LogP contribution in [0, 0.1) is 5.41 Å². The number of aromatic amines is 1. The number of primary sulfonamides is 1. The lowest BCUT2D eigenvalue weighted by Gasteiger charge is -2.20. The molecule has 4 rings (SSSR count). The first kappa shape index (κ1) is 24.6. The molecule has 184 valence electrons. The van der Waals surface area contributed by atoms with Gasteiger partial charge in [0.2, 0.25) is 15.9 Å². The molecule has 11 heteroatoms. The molecule has 1 atom stereocenters. The SMILES string of the molecule is N=C(N)c1cccc(N[C@@H](Cc2cnc[nH]2)C(=O)Nc2ccc(-c3ccccc3S(N)(=O)=O)cc2)c1. The number of benzene rings is 3. The predicted octanol–water partition coefficient (Wildman–Crippen LogP) is 2.67. The van der Waals surface area contributed by atoms with Crippen LogP contribution in [-0.4, -0.2) is 36.2 Å². The number of amidine groups is 1. The van der Waals surface area contributed by atoms with Crippen LogP contribution in [0.5, 0.6) is 0 Å². The smallest absolute Gasteiger partial charge is 0.247 e. The Morgan fingerprint density at radius 2 is 1.78 bits per heavy atom. The predicted molar refractivity (Wildman–Crippen MR) is 139 cm³/mol. The maximum absolute atomic E-state index is 13.2. The van der Waals surface area contributed by atoms with E-state index in [4.69, 9.17) is 16.3 Å². The monoisotopic (exact) mass is 503 g/mol. The van der Waals surface area contributed by atoms with Crippen LogP contribution in [0.25, 0.3) is 11.1 Å². The van der Waals surface area contributed by atoms with Gasteiger partial charge in [-0.25, -0.2) is 18.5 Å². The lowest BCUT2D eigenvalue weighted by Crippen LogP contribution is -2.36. The second-order valence-corrected chi connectivity index (χ2v) is 9.61.